The third-order valence-electron chi connectivity index (χ3n) is 3.96. The van der Waals surface area contributed by atoms with Crippen molar-refractivity contribution in [2.24, 2.45) is 0 Å². The predicted molar refractivity (Wildman–Crippen MR) is 114 cm³/mol. The molecular formula is C20H19Cl2N3O2S. The van der Waals surface area contributed by atoms with Crippen LogP contribution < -0.4 is 10.1 Å². The van der Waals surface area contributed by atoms with Gasteiger partial charge in [-0.2, -0.15) is 0 Å². The molecule has 5 nitrogen and oxygen atoms in total. The minimum absolute atomic E-state index is 0.321. The van der Waals surface area contributed by atoms with Gasteiger partial charge in [0.25, 0.3) is 5.91 Å². The van der Waals surface area contributed by atoms with Gasteiger partial charge in [-0.15, -0.1) is 10.2 Å². The Balaban J connectivity index is 1.48. The second kappa shape index (κ2) is 9.87. The number of hydrogen-bond donors (Lipinski definition) is 1. The van der Waals surface area contributed by atoms with Crippen molar-refractivity contribution in [3.8, 4) is 5.75 Å². The highest BCUT2D eigenvalue weighted by molar-refractivity contribution is 7.15. The maximum Gasteiger partial charge on any atom is 0.266 e. The van der Waals surface area contributed by atoms with E-state index in [-0.39, 0.29) is 5.91 Å². The van der Waals surface area contributed by atoms with Crippen molar-refractivity contribution in [2.75, 3.05) is 5.32 Å². The van der Waals surface area contributed by atoms with E-state index in [0.29, 0.717) is 20.9 Å². The molecule has 0 aliphatic carbocycles. The average Bonchev–Trinajstić information content (AvgIpc) is 3.12. The quantitative estimate of drug-likeness (QED) is 0.512. The molecule has 0 saturated carbocycles. The van der Waals surface area contributed by atoms with E-state index >= 15 is 0 Å². The molecule has 0 bridgehead atoms. The first-order valence-electron chi connectivity index (χ1n) is 8.80. The Bertz CT molecular complexity index is 934. The molecule has 8 heteroatoms. The molecule has 0 aliphatic heterocycles. The highest BCUT2D eigenvalue weighted by Gasteiger charge is 2.18. The highest BCUT2D eigenvalue weighted by Crippen LogP contribution is 2.28. The lowest BCUT2D eigenvalue weighted by molar-refractivity contribution is -0.122. The standard InChI is InChI=1S/C20H19Cl2N3O2S/c1-13(27-17-11-10-15(21)12-16(17)22)19(26)23-20-25-24-18(28-20)9-5-8-14-6-3-2-4-7-14/h2-4,6-7,10-13H,5,8-9H2,1H3,(H,23,25,26). The van der Waals surface area contributed by atoms with E-state index in [2.05, 4.69) is 27.6 Å². The fraction of sp³-hybridized carbons (Fsp3) is 0.250. The summed E-state index contributed by atoms with van der Waals surface area (Å²) in [6.45, 7) is 1.64. The number of amides is 1. The number of aryl methyl sites for hydroxylation is 2. The van der Waals surface area contributed by atoms with Gasteiger partial charge in [0, 0.05) is 11.4 Å². The summed E-state index contributed by atoms with van der Waals surface area (Å²) in [4.78, 5) is 12.3. The summed E-state index contributed by atoms with van der Waals surface area (Å²) in [6, 6.07) is 15.2. The highest BCUT2D eigenvalue weighted by atomic mass is 35.5. The van der Waals surface area contributed by atoms with Gasteiger partial charge in [0.1, 0.15) is 10.8 Å². The lowest BCUT2D eigenvalue weighted by Crippen LogP contribution is -2.30. The van der Waals surface area contributed by atoms with Crippen molar-refractivity contribution in [3.05, 3.63) is 69.1 Å². The minimum Gasteiger partial charge on any atom is -0.479 e. The normalized spacial score (nSPS) is 11.8. The van der Waals surface area contributed by atoms with Crippen molar-refractivity contribution in [2.45, 2.75) is 32.3 Å². The fourth-order valence-electron chi connectivity index (χ4n) is 2.52. The molecule has 1 atom stereocenters. The number of rotatable bonds is 8. The average molecular weight is 436 g/mol. The van der Waals surface area contributed by atoms with Gasteiger partial charge in [-0.25, -0.2) is 0 Å². The first kappa shape index (κ1) is 20.6. The molecule has 0 saturated heterocycles. The van der Waals surface area contributed by atoms with Gasteiger partial charge in [-0.3, -0.25) is 10.1 Å². The van der Waals surface area contributed by atoms with E-state index in [4.69, 9.17) is 27.9 Å². The third-order valence-corrected chi connectivity index (χ3v) is 5.39. The summed E-state index contributed by atoms with van der Waals surface area (Å²) in [6.07, 6.45) is 2.02. The van der Waals surface area contributed by atoms with E-state index in [1.807, 2.05) is 18.2 Å². The van der Waals surface area contributed by atoms with Gasteiger partial charge in [0.2, 0.25) is 5.13 Å². The van der Waals surface area contributed by atoms with Crippen LogP contribution in [0, 0.1) is 0 Å². The van der Waals surface area contributed by atoms with Crippen LogP contribution >= 0.6 is 34.5 Å². The van der Waals surface area contributed by atoms with Crippen LogP contribution in [0.5, 0.6) is 5.75 Å². The van der Waals surface area contributed by atoms with E-state index < -0.39 is 6.10 Å². The van der Waals surface area contributed by atoms with E-state index in [1.54, 1.807) is 25.1 Å². The predicted octanol–water partition coefficient (Wildman–Crippen LogP) is 5.43. The number of benzene rings is 2. The van der Waals surface area contributed by atoms with Crippen molar-refractivity contribution >= 4 is 45.6 Å². The zero-order valence-corrected chi connectivity index (χ0v) is 17.5. The SMILES string of the molecule is CC(Oc1ccc(Cl)cc1Cl)C(=O)Nc1nnc(CCCc2ccccc2)s1. The summed E-state index contributed by atoms with van der Waals surface area (Å²) in [5, 5.41) is 13.1. The maximum absolute atomic E-state index is 12.3. The van der Waals surface area contributed by atoms with Gasteiger partial charge in [-0.05, 0) is 43.5 Å². The maximum atomic E-state index is 12.3. The van der Waals surface area contributed by atoms with Gasteiger partial charge in [0.05, 0.1) is 5.02 Å². The largest absolute Gasteiger partial charge is 0.479 e. The molecule has 1 aromatic heterocycles. The number of ether oxygens (including phenoxy) is 1. The molecule has 3 aromatic rings. The molecule has 1 heterocycles. The zero-order chi connectivity index (χ0) is 19.9. The Morgan fingerprint density at radius 2 is 1.93 bits per heavy atom. The zero-order valence-electron chi connectivity index (χ0n) is 15.2. The van der Waals surface area contributed by atoms with Crippen molar-refractivity contribution < 1.29 is 9.53 Å². The Labute approximate surface area is 177 Å². The fourth-order valence-corrected chi connectivity index (χ4v) is 3.75. The van der Waals surface area contributed by atoms with Crippen LogP contribution in [0.3, 0.4) is 0 Å². The second-order valence-electron chi connectivity index (χ2n) is 6.16. The van der Waals surface area contributed by atoms with Gasteiger partial charge in [0.15, 0.2) is 6.10 Å². The number of nitrogens with one attached hydrogen (secondary N) is 1. The number of hydrogen-bond acceptors (Lipinski definition) is 5. The number of nitrogens with zero attached hydrogens (tertiary/aromatic N) is 2. The topological polar surface area (TPSA) is 64.1 Å². The first-order valence-corrected chi connectivity index (χ1v) is 10.4. The Kier molecular flexibility index (Phi) is 7.25. The molecule has 3 rings (SSSR count). The summed E-state index contributed by atoms with van der Waals surface area (Å²) in [5.74, 6) is 0.0746. The lowest BCUT2D eigenvalue weighted by atomic mass is 10.1. The molecule has 1 unspecified atom stereocenters. The van der Waals surface area contributed by atoms with Crippen LogP contribution in [-0.4, -0.2) is 22.2 Å². The van der Waals surface area contributed by atoms with Crippen LogP contribution in [-0.2, 0) is 17.6 Å². The molecule has 0 radical (unpaired) electrons. The molecule has 146 valence electrons. The molecule has 0 spiro atoms. The lowest BCUT2D eigenvalue weighted by Gasteiger charge is -2.14. The van der Waals surface area contributed by atoms with E-state index in [9.17, 15) is 4.79 Å². The molecule has 1 amide bonds. The van der Waals surface area contributed by atoms with E-state index in [1.165, 1.54) is 16.9 Å². The Hall–Kier alpha value is -2.15. The third kappa shape index (κ3) is 5.92. The minimum atomic E-state index is -0.746. The second-order valence-corrected chi connectivity index (χ2v) is 8.07. The number of anilines is 1. The number of halogens is 2. The molecule has 0 fully saturated rings. The monoisotopic (exact) mass is 435 g/mol. The van der Waals surface area contributed by atoms with Crippen LogP contribution in [0.4, 0.5) is 5.13 Å². The molecule has 28 heavy (non-hydrogen) atoms. The summed E-state index contributed by atoms with van der Waals surface area (Å²) >= 11 is 13.3. The van der Waals surface area contributed by atoms with Crippen molar-refractivity contribution in [3.63, 3.8) is 0 Å². The van der Waals surface area contributed by atoms with Crippen LogP contribution in [0.1, 0.15) is 23.9 Å². The van der Waals surface area contributed by atoms with Crippen LogP contribution in [0.25, 0.3) is 0 Å². The van der Waals surface area contributed by atoms with Gasteiger partial charge in [-0.1, -0.05) is 64.9 Å². The van der Waals surface area contributed by atoms with Crippen LogP contribution in [0.15, 0.2) is 48.5 Å². The van der Waals surface area contributed by atoms with Crippen molar-refractivity contribution in [1.82, 2.24) is 10.2 Å². The summed E-state index contributed by atoms with van der Waals surface area (Å²) < 4.78 is 5.61. The molecule has 2 aromatic carbocycles. The van der Waals surface area contributed by atoms with Crippen LogP contribution in [0.2, 0.25) is 10.0 Å². The first-order chi connectivity index (χ1) is 13.5. The number of carbonyl (C=O) groups is 1. The molecule has 0 aliphatic rings. The molecule has 1 N–H and O–H groups in total. The number of carbonyl (C=O) groups excluding carboxylic acids is 1. The smallest absolute Gasteiger partial charge is 0.266 e. The van der Waals surface area contributed by atoms with E-state index in [0.717, 1.165) is 24.3 Å². The number of aromatic nitrogens is 2. The Morgan fingerprint density at radius 3 is 2.68 bits per heavy atom. The summed E-state index contributed by atoms with van der Waals surface area (Å²) in [7, 11) is 0. The van der Waals surface area contributed by atoms with Gasteiger partial charge >= 0.3 is 0 Å². The molecular weight excluding hydrogens is 417 g/mol. The summed E-state index contributed by atoms with van der Waals surface area (Å²) in [5.41, 5.74) is 1.30. The Morgan fingerprint density at radius 1 is 1.14 bits per heavy atom. The van der Waals surface area contributed by atoms with Crippen molar-refractivity contribution in [1.29, 1.82) is 0 Å². The van der Waals surface area contributed by atoms with Gasteiger partial charge < -0.3 is 4.74 Å².